The molecular weight excluding hydrogens is 454 g/mol. The van der Waals surface area contributed by atoms with Gasteiger partial charge in [0.15, 0.2) is 0 Å². The number of hydrogen-bond donors (Lipinski definition) is 1. The van der Waals surface area contributed by atoms with Crippen molar-refractivity contribution in [3.63, 3.8) is 0 Å². The zero-order valence-corrected chi connectivity index (χ0v) is 20.7. The molecule has 8 heteroatoms. The van der Waals surface area contributed by atoms with Crippen molar-refractivity contribution >= 4 is 39.5 Å². The van der Waals surface area contributed by atoms with Crippen molar-refractivity contribution in [3.05, 3.63) is 60.3 Å². The SMILES string of the molecule is CCCc1ccc2c(c1)N(C(CCS(=O)(=O)O)C1N=CC=CN1CCC)c1ccccc1S2. The Balaban J connectivity index is 1.85. The van der Waals surface area contributed by atoms with Crippen LogP contribution in [0, 0.1) is 0 Å². The number of fused-ring (bicyclic) bond motifs is 2. The Bertz CT molecular complexity index is 1150. The number of hydrogen-bond acceptors (Lipinski definition) is 6. The molecule has 0 bridgehead atoms. The van der Waals surface area contributed by atoms with E-state index in [0.717, 1.165) is 47.0 Å². The number of rotatable bonds is 9. The highest BCUT2D eigenvalue weighted by atomic mass is 32.2. The number of para-hydroxylation sites is 1. The minimum absolute atomic E-state index is 0.255. The van der Waals surface area contributed by atoms with Crippen LogP contribution in [0.5, 0.6) is 0 Å². The van der Waals surface area contributed by atoms with Gasteiger partial charge in [0, 0.05) is 28.8 Å². The van der Waals surface area contributed by atoms with Gasteiger partial charge in [0.1, 0.15) is 6.17 Å². The molecule has 176 valence electrons. The van der Waals surface area contributed by atoms with E-state index in [1.165, 1.54) is 5.56 Å². The first kappa shape index (κ1) is 23.9. The average Bonchev–Trinajstić information content (AvgIpc) is 2.79. The van der Waals surface area contributed by atoms with Crippen LogP contribution in [0.25, 0.3) is 0 Å². The third kappa shape index (κ3) is 5.45. The fourth-order valence-corrected chi connectivity index (χ4v) is 6.15. The fraction of sp³-hybridized carbons (Fsp3) is 0.400. The lowest BCUT2D eigenvalue weighted by atomic mass is 10.0. The van der Waals surface area contributed by atoms with E-state index < -0.39 is 10.1 Å². The van der Waals surface area contributed by atoms with Crippen molar-refractivity contribution in [2.75, 3.05) is 17.2 Å². The predicted molar refractivity (Wildman–Crippen MR) is 136 cm³/mol. The molecular formula is C25H31N3O3S2. The molecule has 0 aromatic heterocycles. The number of allylic oxidation sites excluding steroid dienone is 1. The maximum atomic E-state index is 11.8. The van der Waals surface area contributed by atoms with Crippen LogP contribution in [0.4, 0.5) is 11.4 Å². The second-order valence-electron chi connectivity index (χ2n) is 8.43. The summed E-state index contributed by atoms with van der Waals surface area (Å²) in [6.07, 6.45) is 8.70. The topological polar surface area (TPSA) is 73.2 Å². The molecule has 0 saturated heterocycles. The van der Waals surface area contributed by atoms with E-state index in [0.29, 0.717) is 0 Å². The largest absolute Gasteiger partial charge is 0.354 e. The maximum absolute atomic E-state index is 11.8. The lowest BCUT2D eigenvalue weighted by molar-refractivity contribution is 0.240. The van der Waals surface area contributed by atoms with E-state index in [4.69, 9.17) is 4.99 Å². The summed E-state index contributed by atoms with van der Waals surface area (Å²) < 4.78 is 33.2. The van der Waals surface area contributed by atoms with E-state index in [9.17, 15) is 13.0 Å². The molecule has 6 nitrogen and oxygen atoms in total. The summed E-state index contributed by atoms with van der Waals surface area (Å²) in [7, 11) is -4.12. The third-order valence-corrected chi connectivity index (χ3v) is 7.82. The van der Waals surface area contributed by atoms with Crippen LogP contribution < -0.4 is 4.90 Å². The molecule has 4 rings (SSSR count). The lowest BCUT2D eigenvalue weighted by Crippen LogP contribution is -2.50. The highest BCUT2D eigenvalue weighted by Gasteiger charge is 2.37. The summed E-state index contributed by atoms with van der Waals surface area (Å²) in [4.78, 5) is 11.5. The van der Waals surface area contributed by atoms with E-state index in [1.807, 2.05) is 24.4 Å². The molecule has 2 aromatic rings. The van der Waals surface area contributed by atoms with Crippen molar-refractivity contribution in [2.45, 2.75) is 61.5 Å². The second-order valence-corrected chi connectivity index (χ2v) is 11.1. The van der Waals surface area contributed by atoms with Gasteiger partial charge in [0.05, 0.1) is 23.2 Å². The van der Waals surface area contributed by atoms with Crippen LogP contribution in [0.3, 0.4) is 0 Å². The van der Waals surface area contributed by atoms with Gasteiger partial charge in [-0.15, -0.1) is 0 Å². The maximum Gasteiger partial charge on any atom is 0.264 e. The Morgan fingerprint density at radius 2 is 1.88 bits per heavy atom. The highest BCUT2D eigenvalue weighted by molar-refractivity contribution is 7.99. The predicted octanol–water partition coefficient (Wildman–Crippen LogP) is 5.52. The van der Waals surface area contributed by atoms with Crippen molar-refractivity contribution in [1.29, 1.82) is 0 Å². The molecule has 0 aliphatic carbocycles. The number of aryl methyl sites for hydroxylation is 1. The molecule has 2 atom stereocenters. The van der Waals surface area contributed by atoms with Crippen LogP contribution in [-0.4, -0.2) is 48.6 Å². The molecule has 0 saturated carbocycles. The minimum Gasteiger partial charge on any atom is -0.354 e. The molecule has 0 spiro atoms. The van der Waals surface area contributed by atoms with Crippen molar-refractivity contribution in [3.8, 4) is 0 Å². The number of aliphatic imine (C=N–C) groups is 1. The van der Waals surface area contributed by atoms with Crippen molar-refractivity contribution < 1.29 is 13.0 Å². The quantitative estimate of drug-likeness (QED) is 0.471. The molecule has 0 fully saturated rings. The summed E-state index contributed by atoms with van der Waals surface area (Å²) in [6, 6.07) is 14.5. The number of nitrogens with zero attached hydrogens (tertiary/aromatic N) is 3. The molecule has 2 heterocycles. The number of anilines is 2. The molecule has 2 aliphatic rings. The van der Waals surface area contributed by atoms with E-state index >= 15 is 0 Å². The molecule has 2 aromatic carbocycles. The van der Waals surface area contributed by atoms with Gasteiger partial charge in [0.25, 0.3) is 10.1 Å². The zero-order valence-electron chi connectivity index (χ0n) is 19.1. The van der Waals surface area contributed by atoms with Gasteiger partial charge in [0.2, 0.25) is 0 Å². The zero-order chi connectivity index (χ0) is 23.4. The summed E-state index contributed by atoms with van der Waals surface area (Å²) in [6.45, 7) is 5.10. The smallest absolute Gasteiger partial charge is 0.264 e. The van der Waals surface area contributed by atoms with Gasteiger partial charge < -0.3 is 9.80 Å². The van der Waals surface area contributed by atoms with Crippen LogP contribution in [0.2, 0.25) is 0 Å². The molecule has 2 aliphatic heterocycles. The van der Waals surface area contributed by atoms with Gasteiger partial charge in [-0.25, -0.2) is 0 Å². The van der Waals surface area contributed by atoms with Gasteiger partial charge in [-0.2, -0.15) is 8.42 Å². The highest BCUT2D eigenvalue weighted by Crippen LogP contribution is 2.50. The van der Waals surface area contributed by atoms with E-state index in [-0.39, 0.29) is 24.4 Å². The van der Waals surface area contributed by atoms with Gasteiger partial charge in [-0.3, -0.25) is 9.55 Å². The summed E-state index contributed by atoms with van der Waals surface area (Å²) in [5.41, 5.74) is 3.38. The third-order valence-electron chi connectivity index (χ3n) is 5.94. The normalized spacial score (nSPS) is 18.2. The molecule has 0 amide bonds. The van der Waals surface area contributed by atoms with E-state index in [1.54, 1.807) is 18.0 Å². The van der Waals surface area contributed by atoms with Crippen molar-refractivity contribution in [1.82, 2.24) is 4.90 Å². The second kappa shape index (κ2) is 10.3. The first-order valence-corrected chi connectivity index (χ1v) is 13.9. The Morgan fingerprint density at radius 3 is 2.64 bits per heavy atom. The van der Waals surface area contributed by atoms with Crippen LogP contribution in [0.15, 0.2) is 69.5 Å². The molecule has 1 N–H and O–H groups in total. The average molecular weight is 486 g/mol. The summed E-state index contributed by atoms with van der Waals surface area (Å²) >= 11 is 1.74. The molecule has 33 heavy (non-hydrogen) atoms. The lowest BCUT2D eigenvalue weighted by Gasteiger charge is -2.44. The first-order valence-electron chi connectivity index (χ1n) is 11.5. The van der Waals surface area contributed by atoms with Crippen LogP contribution >= 0.6 is 11.8 Å². The van der Waals surface area contributed by atoms with Crippen LogP contribution in [0.1, 0.15) is 38.7 Å². The van der Waals surface area contributed by atoms with E-state index in [2.05, 4.69) is 54.0 Å². The van der Waals surface area contributed by atoms with Crippen molar-refractivity contribution in [2.24, 2.45) is 4.99 Å². The molecule has 0 radical (unpaired) electrons. The Labute approximate surface area is 201 Å². The fourth-order valence-electron chi connectivity index (χ4n) is 4.56. The monoisotopic (exact) mass is 485 g/mol. The van der Waals surface area contributed by atoms with Gasteiger partial charge >= 0.3 is 0 Å². The number of benzene rings is 2. The Morgan fingerprint density at radius 1 is 1.09 bits per heavy atom. The summed E-state index contributed by atoms with van der Waals surface area (Å²) in [5, 5.41) is 0. The van der Waals surface area contributed by atoms with Crippen LogP contribution in [-0.2, 0) is 16.5 Å². The Hall–Kier alpha value is -2.29. The first-order chi connectivity index (χ1) is 15.9. The van der Waals surface area contributed by atoms with Gasteiger partial charge in [-0.05, 0) is 55.2 Å². The molecule has 2 unspecified atom stereocenters. The summed E-state index contributed by atoms with van der Waals surface area (Å²) in [5.74, 6) is -0.316. The standard InChI is InChI=1S/C25H31N3O3S2/c1-3-8-19-11-12-24-22(18-19)28(20-9-5-6-10-23(20)32-24)21(13-17-33(29,30)31)25-26-14-7-16-27(25)15-4-2/h5-7,9-12,14,16,18,21,25H,3-4,8,13,15,17H2,1-2H3,(H,29,30,31). The minimum atomic E-state index is -4.12. The van der Waals surface area contributed by atoms with Gasteiger partial charge in [-0.1, -0.05) is 50.2 Å². The Kier molecular flexibility index (Phi) is 7.46.